The van der Waals surface area contributed by atoms with E-state index in [-0.39, 0.29) is 17.4 Å². The van der Waals surface area contributed by atoms with Crippen molar-refractivity contribution in [3.05, 3.63) is 65.0 Å². The maximum Gasteiger partial charge on any atom is 0.295 e. The summed E-state index contributed by atoms with van der Waals surface area (Å²) >= 11 is 0. The zero-order valence-corrected chi connectivity index (χ0v) is 19.5. The summed E-state index contributed by atoms with van der Waals surface area (Å²) < 4.78 is 5.76. The van der Waals surface area contributed by atoms with E-state index in [1.54, 1.807) is 35.5 Å². The van der Waals surface area contributed by atoms with Gasteiger partial charge < -0.3 is 19.6 Å². The predicted molar refractivity (Wildman–Crippen MR) is 126 cm³/mol. The predicted octanol–water partition coefficient (Wildman–Crippen LogP) is 3.56. The number of ether oxygens (including phenoxy) is 1. The molecule has 0 bridgehead atoms. The molecular formula is C26H31N3O4. The van der Waals surface area contributed by atoms with E-state index in [2.05, 4.69) is 23.7 Å². The van der Waals surface area contributed by atoms with E-state index >= 15 is 0 Å². The smallest absolute Gasteiger partial charge is 0.295 e. The van der Waals surface area contributed by atoms with Crippen LogP contribution in [0.5, 0.6) is 5.75 Å². The van der Waals surface area contributed by atoms with Crippen LogP contribution in [-0.2, 0) is 16.0 Å². The van der Waals surface area contributed by atoms with Gasteiger partial charge in [0.15, 0.2) is 0 Å². The number of fused-ring (bicyclic) bond motifs is 1. The van der Waals surface area contributed by atoms with Gasteiger partial charge in [-0.05, 0) is 74.4 Å². The van der Waals surface area contributed by atoms with Gasteiger partial charge in [-0.25, -0.2) is 0 Å². The Hall–Kier alpha value is -3.19. The minimum atomic E-state index is -0.651. The number of aliphatic hydroxyl groups is 1. The van der Waals surface area contributed by atoms with Crippen molar-refractivity contribution < 1.29 is 19.4 Å². The Morgan fingerprint density at radius 1 is 1.18 bits per heavy atom. The molecular weight excluding hydrogens is 418 g/mol. The lowest BCUT2D eigenvalue weighted by Crippen LogP contribution is -2.33. The van der Waals surface area contributed by atoms with E-state index in [1.807, 2.05) is 19.1 Å². The summed E-state index contributed by atoms with van der Waals surface area (Å²) in [4.78, 5) is 34.2. The van der Waals surface area contributed by atoms with Gasteiger partial charge in [-0.2, -0.15) is 0 Å². The van der Waals surface area contributed by atoms with Gasteiger partial charge in [0.25, 0.3) is 11.7 Å². The van der Waals surface area contributed by atoms with Crippen LogP contribution in [0.3, 0.4) is 0 Å². The molecule has 1 amide bonds. The molecule has 0 spiro atoms. The van der Waals surface area contributed by atoms with E-state index < -0.39 is 17.7 Å². The van der Waals surface area contributed by atoms with Crippen LogP contribution in [0.4, 0.5) is 0 Å². The Kier molecular flexibility index (Phi) is 6.79. The van der Waals surface area contributed by atoms with Gasteiger partial charge >= 0.3 is 0 Å². The van der Waals surface area contributed by atoms with Gasteiger partial charge in [-0.1, -0.05) is 13.8 Å². The number of nitrogens with zero attached hydrogens (tertiary/aromatic N) is 3. The Morgan fingerprint density at radius 3 is 2.61 bits per heavy atom. The van der Waals surface area contributed by atoms with Crippen LogP contribution >= 0.6 is 0 Å². The number of hydrogen-bond donors (Lipinski definition) is 1. The van der Waals surface area contributed by atoms with Crippen LogP contribution < -0.4 is 4.74 Å². The van der Waals surface area contributed by atoms with Crippen LogP contribution in [0.1, 0.15) is 49.9 Å². The quantitative estimate of drug-likeness (QED) is 0.377. The second kappa shape index (κ2) is 9.75. The van der Waals surface area contributed by atoms with Gasteiger partial charge in [0, 0.05) is 30.9 Å². The molecule has 0 unspecified atom stereocenters. The lowest BCUT2D eigenvalue weighted by molar-refractivity contribution is -0.140. The van der Waals surface area contributed by atoms with E-state index in [0.29, 0.717) is 12.1 Å². The molecule has 1 fully saturated rings. The molecule has 0 saturated carbocycles. The number of Topliss-reactive ketones (excluding diaryl/α,β-unsaturated/α-hetero) is 1. The SMILES string of the molecule is CCN(CC)CCCN1C(=O)C(=O)/C(=C(/O)c2ccc3c(c2)C[C@@H](C)O3)[C@H]1c1ccncc1. The molecule has 1 aromatic carbocycles. The van der Waals surface area contributed by atoms with Gasteiger partial charge in [-0.3, -0.25) is 14.6 Å². The Balaban J connectivity index is 1.71. The maximum atomic E-state index is 13.1. The van der Waals surface area contributed by atoms with Crippen LogP contribution in [0.25, 0.3) is 5.76 Å². The Bertz CT molecular complexity index is 1060. The first kappa shape index (κ1) is 23.0. The van der Waals surface area contributed by atoms with E-state index in [1.165, 1.54) is 0 Å². The molecule has 1 saturated heterocycles. The summed E-state index contributed by atoms with van der Waals surface area (Å²) in [5.41, 5.74) is 2.39. The average molecular weight is 450 g/mol. The highest BCUT2D eigenvalue weighted by atomic mass is 16.5. The minimum absolute atomic E-state index is 0.0746. The number of likely N-dealkylation sites (tertiary alicyclic amines) is 1. The lowest BCUT2D eigenvalue weighted by atomic mass is 9.95. The highest BCUT2D eigenvalue weighted by Gasteiger charge is 2.45. The number of amides is 1. The van der Waals surface area contributed by atoms with Gasteiger partial charge in [-0.15, -0.1) is 0 Å². The minimum Gasteiger partial charge on any atom is -0.507 e. The monoisotopic (exact) mass is 449 g/mol. The Labute approximate surface area is 194 Å². The largest absolute Gasteiger partial charge is 0.507 e. The first-order chi connectivity index (χ1) is 15.9. The van der Waals surface area contributed by atoms with Crippen molar-refractivity contribution in [3.8, 4) is 5.75 Å². The van der Waals surface area contributed by atoms with Crippen molar-refractivity contribution >= 4 is 17.4 Å². The second-order valence-electron chi connectivity index (χ2n) is 8.61. The first-order valence-electron chi connectivity index (χ1n) is 11.6. The zero-order valence-electron chi connectivity index (χ0n) is 19.5. The van der Waals surface area contributed by atoms with Crippen LogP contribution in [0.2, 0.25) is 0 Å². The molecule has 1 aromatic heterocycles. The maximum absolute atomic E-state index is 13.1. The summed E-state index contributed by atoms with van der Waals surface area (Å²) in [7, 11) is 0. The third-order valence-corrected chi connectivity index (χ3v) is 6.50. The number of ketones is 1. The molecule has 2 aliphatic heterocycles. The van der Waals surface area contributed by atoms with Crippen molar-refractivity contribution in [2.75, 3.05) is 26.2 Å². The van der Waals surface area contributed by atoms with E-state index in [4.69, 9.17) is 4.74 Å². The number of carbonyl (C=O) groups excluding carboxylic acids is 2. The number of aromatic nitrogens is 1. The highest BCUT2D eigenvalue weighted by molar-refractivity contribution is 6.46. The summed E-state index contributed by atoms with van der Waals surface area (Å²) in [5, 5.41) is 11.3. The molecule has 0 radical (unpaired) electrons. The van der Waals surface area contributed by atoms with Crippen LogP contribution in [-0.4, -0.2) is 63.9 Å². The molecule has 7 nitrogen and oxygen atoms in total. The number of hydrogen-bond acceptors (Lipinski definition) is 6. The van der Waals surface area contributed by atoms with Crippen molar-refractivity contribution in [1.29, 1.82) is 0 Å². The molecule has 3 heterocycles. The molecule has 2 aromatic rings. The second-order valence-corrected chi connectivity index (χ2v) is 8.61. The molecule has 7 heteroatoms. The number of benzene rings is 1. The third kappa shape index (κ3) is 4.50. The normalized spacial score (nSPS) is 21.5. The molecule has 2 atom stereocenters. The summed E-state index contributed by atoms with van der Waals surface area (Å²) in [6.45, 7) is 9.34. The Morgan fingerprint density at radius 2 is 1.91 bits per heavy atom. The number of pyridine rings is 1. The molecule has 1 N–H and O–H groups in total. The highest BCUT2D eigenvalue weighted by Crippen LogP contribution is 2.40. The molecule has 33 heavy (non-hydrogen) atoms. The molecule has 174 valence electrons. The van der Waals surface area contributed by atoms with Crippen LogP contribution in [0, 0.1) is 0 Å². The van der Waals surface area contributed by atoms with Crippen molar-refractivity contribution in [2.24, 2.45) is 0 Å². The summed E-state index contributed by atoms with van der Waals surface area (Å²) in [5.74, 6) is -0.580. The number of carbonyl (C=O) groups is 2. The number of rotatable bonds is 8. The fourth-order valence-electron chi connectivity index (χ4n) is 4.73. The van der Waals surface area contributed by atoms with E-state index in [0.717, 1.165) is 49.4 Å². The van der Waals surface area contributed by atoms with Crippen molar-refractivity contribution in [3.63, 3.8) is 0 Å². The average Bonchev–Trinajstić information content (AvgIpc) is 3.32. The van der Waals surface area contributed by atoms with Gasteiger partial charge in [0.05, 0.1) is 11.6 Å². The van der Waals surface area contributed by atoms with E-state index in [9.17, 15) is 14.7 Å². The molecule has 0 aliphatic carbocycles. The van der Waals surface area contributed by atoms with Gasteiger partial charge in [0.1, 0.15) is 17.6 Å². The van der Waals surface area contributed by atoms with Crippen molar-refractivity contribution in [2.45, 2.75) is 45.8 Å². The summed E-state index contributed by atoms with van der Waals surface area (Å²) in [6, 6.07) is 8.34. The zero-order chi connectivity index (χ0) is 23.5. The summed E-state index contributed by atoms with van der Waals surface area (Å²) in [6.07, 6.45) is 4.83. The standard InChI is InChI=1S/C26H31N3O4/c1-4-28(5-2)13-6-14-29-23(18-9-11-27-12-10-18)22(25(31)26(29)32)24(30)19-7-8-21-20(16-19)15-17(3)33-21/h7-12,16-17,23,30H,4-6,13-15H2,1-3H3/b24-22+/t17-,23-/m1/s1. The van der Waals surface area contributed by atoms with Gasteiger partial charge in [0.2, 0.25) is 0 Å². The first-order valence-corrected chi connectivity index (χ1v) is 11.6. The lowest BCUT2D eigenvalue weighted by Gasteiger charge is -2.26. The third-order valence-electron chi connectivity index (χ3n) is 6.50. The molecule has 2 aliphatic rings. The fraction of sp³-hybridized carbons (Fsp3) is 0.423. The topological polar surface area (TPSA) is 83.0 Å². The van der Waals surface area contributed by atoms with Crippen molar-refractivity contribution in [1.82, 2.24) is 14.8 Å². The van der Waals surface area contributed by atoms with Crippen LogP contribution in [0.15, 0.2) is 48.3 Å². The number of aliphatic hydroxyl groups excluding tert-OH is 1. The molecule has 4 rings (SSSR count). The fourth-order valence-corrected chi connectivity index (χ4v) is 4.73.